The molecular weight excluding hydrogens is 336 g/mol. The van der Waals surface area contributed by atoms with Crippen LogP contribution in [0.2, 0.25) is 0 Å². The number of aryl methyl sites for hydroxylation is 1. The maximum Gasteiger partial charge on any atom is 0.248 e. The van der Waals surface area contributed by atoms with E-state index in [1.807, 2.05) is 37.3 Å². The van der Waals surface area contributed by atoms with Gasteiger partial charge in [-0.3, -0.25) is 9.10 Å². The van der Waals surface area contributed by atoms with Gasteiger partial charge in [0, 0.05) is 5.69 Å². The lowest BCUT2D eigenvalue weighted by Gasteiger charge is -2.30. The van der Waals surface area contributed by atoms with Crippen LogP contribution in [-0.2, 0) is 21.2 Å². The highest BCUT2D eigenvalue weighted by Crippen LogP contribution is 2.23. The molecule has 6 heteroatoms. The minimum Gasteiger partial charge on any atom is -0.324 e. The molecule has 2 aromatic rings. The van der Waals surface area contributed by atoms with Crippen LogP contribution in [0.25, 0.3) is 0 Å². The normalized spacial score (nSPS) is 12.4. The minimum absolute atomic E-state index is 0.335. The molecule has 0 unspecified atom stereocenters. The first-order chi connectivity index (χ1) is 11.9. The van der Waals surface area contributed by atoms with Gasteiger partial charge in [0.25, 0.3) is 0 Å². The second-order valence-corrected chi connectivity index (χ2v) is 7.68. The summed E-state index contributed by atoms with van der Waals surface area (Å²) < 4.78 is 25.9. The Morgan fingerprint density at radius 3 is 2.20 bits per heavy atom. The fourth-order valence-electron chi connectivity index (χ4n) is 2.80. The Morgan fingerprint density at radius 1 is 1.04 bits per heavy atom. The molecular formula is C19H24N2O3S. The highest BCUT2D eigenvalue weighted by atomic mass is 32.2. The number of hydrogen-bond acceptors (Lipinski definition) is 3. The number of para-hydroxylation sites is 2. The molecule has 0 aliphatic heterocycles. The zero-order chi connectivity index (χ0) is 18.4. The number of nitrogens with zero attached hydrogens (tertiary/aromatic N) is 1. The number of rotatable bonds is 7. The highest BCUT2D eigenvalue weighted by molar-refractivity contribution is 7.92. The standard InChI is InChI=1S/C19H24N2O3S/c1-4-15-11-9-10-14-17(15)20-19(22)18(5-2)21(25(3,23)24)16-12-7-6-8-13-16/h6-14,18H,4-5H2,1-3H3,(H,20,22)/t18-/m1/s1. The maximum atomic E-state index is 12.9. The third-order valence-corrected chi connectivity index (χ3v) is 5.18. The van der Waals surface area contributed by atoms with E-state index in [0.29, 0.717) is 12.1 Å². The van der Waals surface area contributed by atoms with Crippen molar-refractivity contribution in [2.24, 2.45) is 0 Å². The van der Waals surface area contributed by atoms with Crippen LogP contribution in [0.15, 0.2) is 54.6 Å². The summed E-state index contributed by atoms with van der Waals surface area (Å²) in [6.45, 7) is 3.81. The Labute approximate surface area is 149 Å². The lowest BCUT2D eigenvalue weighted by molar-refractivity contribution is -0.117. The fourth-order valence-corrected chi connectivity index (χ4v) is 4.01. The molecule has 5 nitrogen and oxygen atoms in total. The smallest absolute Gasteiger partial charge is 0.248 e. The zero-order valence-corrected chi connectivity index (χ0v) is 15.6. The second-order valence-electron chi connectivity index (χ2n) is 5.82. The van der Waals surface area contributed by atoms with Gasteiger partial charge < -0.3 is 5.32 Å². The predicted molar refractivity (Wildman–Crippen MR) is 102 cm³/mol. The third-order valence-electron chi connectivity index (χ3n) is 4.00. The molecule has 0 heterocycles. The molecule has 2 aromatic carbocycles. The zero-order valence-electron chi connectivity index (χ0n) is 14.8. The van der Waals surface area contributed by atoms with E-state index < -0.39 is 16.1 Å². The molecule has 0 aliphatic carbocycles. The van der Waals surface area contributed by atoms with Gasteiger partial charge in [-0.05, 0) is 36.6 Å². The summed E-state index contributed by atoms with van der Waals surface area (Å²) in [6, 6.07) is 15.4. The summed E-state index contributed by atoms with van der Waals surface area (Å²) in [5, 5.41) is 2.89. The first-order valence-corrected chi connectivity index (χ1v) is 10.2. The monoisotopic (exact) mass is 360 g/mol. The predicted octanol–water partition coefficient (Wildman–Crippen LogP) is 3.43. The van der Waals surface area contributed by atoms with Crippen molar-refractivity contribution < 1.29 is 13.2 Å². The van der Waals surface area contributed by atoms with E-state index in [1.54, 1.807) is 31.2 Å². The largest absolute Gasteiger partial charge is 0.324 e. The van der Waals surface area contributed by atoms with Crippen LogP contribution in [0.5, 0.6) is 0 Å². The van der Waals surface area contributed by atoms with E-state index >= 15 is 0 Å². The van der Waals surface area contributed by atoms with Gasteiger partial charge in [-0.15, -0.1) is 0 Å². The van der Waals surface area contributed by atoms with Gasteiger partial charge >= 0.3 is 0 Å². The summed E-state index contributed by atoms with van der Waals surface area (Å²) in [5.41, 5.74) is 2.21. The number of hydrogen-bond donors (Lipinski definition) is 1. The van der Waals surface area contributed by atoms with Crippen molar-refractivity contribution in [3.63, 3.8) is 0 Å². The quantitative estimate of drug-likeness (QED) is 0.822. The van der Waals surface area contributed by atoms with E-state index in [2.05, 4.69) is 5.32 Å². The molecule has 0 saturated carbocycles. The van der Waals surface area contributed by atoms with Gasteiger partial charge in [0.2, 0.25) is 15.9 Å². The Hall–Kier alpha value is -2.34. The molecule has 0 fully saturated rings. The summed E-state index contributed by atoms with van der Waals surface area (Å²) in [7, 11) is -3.61. The molecule has 0 bridgehead atoms. The van der Waals surface area contributed by atoms with Crippen LogP contribution in [0.1, 0.15) is 25.8 Å². The summed E-state index contributed by atoms with van der Waals surface area (Å²) in [4.78, 5) is 12.9. The van der Waals surface area contributed by atoms with Crippen LogP contribution in [0.4, 0.5) is 11.4 Å². The molecule has 1 atom stereocenters. The summed E-state index contributed by atoms with van der Waals surface area (Å²) in [5.74, 6) is -0.335. The Kier molecular flexibility index (Phi) is 6.20. The molecule has 0 saturated heterocycles. The average molecular weight is 360 g/mol. The average Bonchev–Trinajstić information content (AvgIpc) is 2.59. The molecule has 25 heavy (non-hydrogen) atoms. The SMILES string of the molecule is CCc1ccccc1NC(=O)[C@@H](CC)N(c1ccccc1)S(C)(=O)=O. The van der Waals surface area contributed by atoms with Crippen molar-refractivity contribution in [3.8, 4) is 0 Å². The Bertz CT molecular complexity index is 820. The van der Waals surface area contributed by atoms with Gasteiger partial charge in [0.05, 0.1) is 11.9 Å². The number of nitrogens with one attached hydrogen (secondary N) is 1. The molecule has 0 radical (unpaired) electrons. The first kappa shape index (κ1) is 19.0. The molecule has 0 aliphatic rings. The van der Waals surface area contributed by atoms with Crippen LogP contribution in [0, 0.1) is 0 Å². The molecule has 0 aromatic heterocycles. The highest BCUT2D eigenvalue weighted by Gasteiger charge is 2.31. The van der Waals surface area contributed by atoms with Crippen LogP contribution in [0.3, 0.4) is 0 Å². The molecule has 134 valence electrons. The Balaban J connectivity index is 2.36. The lowest BCUT2D eigenvalue weighted by atomic mass is 10.1. The van der Waals surface area contributed by atoms with Gasteiger partial charge in [0.1, 0.15) is 6.04 Å². The van der Waals surface area contributed by atoms with Gasteiger partial charge in [0.15, 0.2) is 0 Å². The third kappa shape index (κ3) is 4.60. The maximum absolute atomic E-state index is 12.9. The van der Waals surface area contributed by atoms with Crippen molar-refractivity contribution in [2.45, 2.75) is 32.7 Å². The van der Waals surface area contributed by atoms with E-state index in [1.165, 1.54) is 4.31 Å². The lowest BCUT2D eigenvalue weighted by Crippen LogP contribution is -2.47. The summed E-state index contributed by atoms with van der Waals surface area (Å²) >= 11 is 0. The van der Waals surface area contributed by atoms with E-state index in [0.717, 1.165) is 23.9 Å². The molecule has 1 amide bonds. The first-order valence-electron chi connectivity index (χ1n) is 8.31. The Morgan fingerprint density at radius 2 is 1.64 bits per heavy atom. The summed E-state index contributed by atoms with van der Waals surface area (Å²) in [6.07, 6.45) is 2.26. The number of amides is 1. The minimum atomic E-state index is -3.61. The van der Waals surface area contributed by atoms with Crippen LogP contribution >= 0.6 is 0 Å². The number of carbonyl (C=O) groups is 1. The second kappa shape index (κ2) is 8.16. The number of sulfonamides is 1. The van der Waals surface area contributed by atoms with E-state index in [-0.39, 0.29) is 5.91 Å². The number of benzene rings is 2. The van der Waals surface area contributed by atoms with Crippen molar-refractivity contribution in [1.82, 2.24) is 0 Å². The molecule has 1 N–H and O–H groups in total. The van der Waals surface area contributed by atoms with Gasteiger partial charge in [-0.25, -0.2) is 8.42 Å². The van der Waals surface area contributed by atoms with E-state index in [9.17, 15) is 13.2 Å². The molecule has 0 spiro atoms. The molecule has 2 rings (SSSR count). The fraction of sp³-hybridized carbons (Fsp3) is 0.316. The topological polar surface area (TPSA) is 66.5 Å². The van der Waals surface area contributed by atoms with Crippen LogP contribution < -0.4 is 9.62 Å². The number of carbonyl (C=O) groups excluding carboxylic acids is 1. The van der Waals surface area contributed by atoms with Crippen molar-refractivity contribution >= 4 is 27.3 Å². The number of anilines is 2. The van der Waals surface area contributed by atoms with Crippen molar-refractivity contribution in [2.75, 3.05) is 15.9 Å². The van der Waals surface area contributed by atoms with Crippen molar-refractivity contribution in [3.05, 3.63) is 60.2 Å². The van der Waals surface area contributed by atoms with Crippen molar-refractivity contribution in [1.29, 1.82) is 0 Å². The van der Waals surface area contributed by atoms with Gasteiger partial charge in [-0.1, -0.05) is 50.2 Å². The van der Waals surface area contributed by atoms with Crippen LogP contribution in [-0.4, -0.2) is 26.6 Å². The van der Waals surface area contributed by atoms with Gasteiger partial charge in [-0.2, -0.15) is 0 Å². The van der Waals surface area contributed by atoms with E-state index in [4.69, 9.17) is 0 Å².